The van der Waals surface area contributed by atoms with Crippen LogP contribution in [0.25, 0.3) is 11.0 Å². The van der Waals surface area contributed by atoms with Gasteiger partial charge in [-0.05, 0) is 37.1 Å². The van der Waals surface area contributed by atoms with Gasteiger partial charge in [0.25, 0.3) is 5.91 Å². The summed E-state index contributed by atoms with van der Waals surface area (Å²) in [7, 11) is 0. The number of carbonyl (C=O) groups is 1. The number of aromatic hydroxyl groups is 1. The van der Waals surface area contributed by atoms with Crippen LogP contribution in [0.2, 0.25) is 0 Å². The molecule has 1 aromatic carbocycles. The van der Waals surface area contributed by atoms with Crippen LogP contribution in [-0.2, 0) is 0 Å². The Balaban J connectivity index is 1.89. The molecule has 1 saturated carbocycles. The first-order chi connectivity index (χ1) is 10.1. The molecule has 3 rings (SSSR count). The van der Waals surface area contributed by atoms with Crippen LogP contribution < -0.4 is 10.9 Å². The number of fused-ring (bicyclic) bond motifs is 1. The lowest BCUT2D eigenvalue weighted by Crippen LogP contribution is -2.38. The molecule has 1 aliphatic rings. The van der Waals surface area contributed by atoms with E-state index >= 15 is 0 Å². The molecule has 5 heteroatoms. The topological polar surface area (TPSA) is 79.5 Å². The summed E-state index contributed by atoms with van der Waals surface area (Å²) in [4.78, 5) is 24.1. The molecule has 1 aliphatic carbocycles. The van der Waals surface area contributed by atoms with Crippen LogP contribution in [-0.4, -0.2) is 17.1 Å². The van der Waals surface area contributed by atoms with Crippen molar-refractivity contribution < 1.29 is 14.3 Å². The highest BCUT2D eigenvalue weighted by atomic mass is 16.4. The van der Waals surface area contributed by atoms with Crippen LogP contribution in [0.1, 0.15) is 42.5 Å². The van der Waals surface area contributed by atoms with Crippen LogP contribution in [0.5, 0.6) is 5.75 Å². The van der Waals surface area contributed by atoms with Crippen molar-refractivity contribution in [1.82, 2.24) is 5.32 Å². The second-order valence-corrected chi connectivity index (χ2v) is 5.48. The van der Waals surface area contributed by atoms with Gasteiger partial charge in [-0.1, -0.05) is 19.3 Å². The van der Waals surface area contributed by atoms with Crippen LogP contribution in [0, 0.1) is 0 Å². The second kappa shape index (κ2) is 5.60. The molecular formula is C16H17NO4. The van der Waals surface area contributed by atoms with Gasteiger partial charge in [-0.3, -0.25) is 4.79 Å². The zero-order valence-electron chi connectivity index (χ0n) is 11.6. The monoisotopic (exact) mass is 287 g/mol. The summed E-state index contributed by atoms with van der Waals surface area (Å²) < 4.78 is 5.13. The lowest BCUT2D eigenvalue weighted by molar-refractivity contribution is 0.0924. The largest absolute Gasteiger partial charge is 0.508 e. The molecule has 1 aromatic heterocycles. The van der Waals surface area contributed by atoms with E-state index in [1.54, 1.807) is 0 Å². The number of carbonyl (C=O) groups excluding carboxylic acids is 1. The van der Waals surface area contributed by atoms with Gasteiger partial charge in [0.2, 0.25) is 0 Å². The van der Waals surface area contributed by atoms with Crippen LogP contribution in [0.3, 0.4) is 0 Å². The summed E-state index contributed by atoms with van der Waals surface area (Å²) >= 11 is 0. The predicted octanol–water partition coefficient (Wildman–Crippen LogP) is 2.56. The lowest BCUT2D eigenvalue weighted by Gasteiger charge is -2.22. The van der Waals surface area contributed by atoms with Crippen molar-refractivity contribution in [3.63, 3.8) is 0 Å². The molecule has 1 heterocycles. The smallest absolute Gasteiger partial charge is 0.349 e. The van der Waals surface area contributed by atoms with Gasteiger partial charge in [-0.15, -0.1) is 0 Å². The molecule has 0 unspecified atom stereocenters. The zero-order chi connectivity index (χ0) is 14.8. The molecule has 5 nitrogen and oxygen atoms in total. The van der Waals surface area contributed by atoms with E-state index in [1.165, 1.54) is 30.7 Å². The minimum atomic E-state index is -0.651. The Kier molecular flexibility index (Phi) is 3.64. The Morgan fingerprint density at radius 3 is 2.71 bits per heavy atom. The Labute approximate surface area is 121 Å². The van der Waals surface area contributed by atoms with Crippen molar-refractivity contribution in [3.8, 4) is 5.75 Å². The Morgan fingerprint density at radius 1 is 1.19 bits per heavy atom. The molecule has 0 bridgehead atoms. The number of amides is 1. The maximum atomic E-state index is 12.2. The number of nitrogens with one attached hydrogen (secondary N) is 1. The van der Waals surface area contributed by atoms with Gasteiger partial charge >= 0.3 is 5.63 Å². The zero-order valence-corrected chi connectivity index (χ0v) is 11.6. The van der Waals surface area contributed by atoms with E-state index < -0.39 is 11.5 Å². The molecule has 21 heavy (non-hydrogen) atoms. The van der Waals surface area contributed by atoms with Crippen molar-refractivity contribution in [3.05, 3.63) is 40.2 Å². The molecule has 0 atom stereocenters. The van der Waals surface area contributed by atoms with Gasteiger partial charge in [-0.25, -0.2) is 4.79 Å². The highest BCUT2D eigenvalue weighted by molar-refractivity contribution is 5.96. The van der Waals surface area contributed by atoms with E-state index in [9.17, 15) is 14.7 Å². The van der Waals surface area contributed by atoms with E-state index in [0.29, 0.717) is 11.0 Å². The summed E-state index contributed by atoms with van der Waals surface area (Å²) in [6.45, 7) is 0. The molecular weight excluding hydrogens is 270 g/mol. The van der Waals surface area contributed by atoms with Crippen molar-refractivity contribution in [2.75, 3.05) is 0 Å². The predicted molar refractivity (Wildman–Crippen MR) is 78.5 cm³/mol. The summed E-state index contributed by atoms with van der Waals surface area (Å²) in [6, 6.07) is 6.02. The number of hydrogen-bond donors (Lipinski definition) is 2. The third-order valence-electron chi connectivity index (χ3n) is 3.90. The summed E-state index contributed by atoms with van der Waals surface area (Å²) in [6.07, 6.45) is 5.30. The normalized spacial score (nSPS) is 16.0. The van der Waals surface area contributed by atoms with Crippen LogP contribution >= 0.6 is 0 Å². The Bertz CT molecular complexity index is 729. The van der Waals surface area contributed by atoms with E-state index in [2.05, 4.69) is 5.32 Å². The molecule has 0 saturated heterocycles. The SMILES string of the molecule is O=C(NC1CCCCC1)c1cc2cc(O)ccc2oc1=O. The first kappa shape index (κ1) is 13.7. The first-order valence-corrected chi connectivity index (χ1v) is 7.21. The summed E-state index contributed by atoms with van der Waals surface area (Å²) in [5.41, 5.74) is -0.313. The van der Waals surface area contributed by atoms with Gasteiger partial charge in [0.05, 0.1) is 0 Å². The van der Waals surface area contributed by atoms with E-state index in [-0.39, 0.29) is 17.4 Å². The summed E-state index contributed by atoms with van der Waals surface area (Å²) in [5.74, 6) is -0.337. The van der Waals surface area contributed by atoms with Gasteiger partial charge in [0.15, 0.2) is 0 Å². The minimum absolute atomic E-state index is 0.0151. The van der Waals surface area contributed by atoms with Gasteiger partial charge in [0.1, 0.15) is 16.9 Å². The fourth-order valence-corrected chi connectivity index (χ4v) is 2.78. The van der Waals surface area contributed by atoms with Crippen molar-refractivity contribution in [2.24, 2.45) is 0 Å². The van der Waals surface area contributed by atoms with Crippen molar-refractivity contribution in [2.45, 2.75) is 38.1 Å². The molecule has 2 N–H and O–H groups in total. The average Bonchev–Trinajstić information content (AvgIpc) is 2.48. The highest BCUT2D eigenvalue weighted by Crippen LogP contribution is 2.20. The second-order valence-electron chi connectivity index (χ2n) is 5.48. The first-order valence-electron chi connectivity index (χ1n) is 7.21. The average molecular weight is 287 g/mol. The molecule has 0 radical (unpaired) electrons. The standard InChI is InChI=1S/C16H17NO4/c18-12-6-7-14-10(8-12)9-13(16(20)21-14)15(19)17-11-4-2-1-3-5-11/h6-9,11,18H,1-5H2,(H,17,19). The maximum absolute atomic E-state index is 12.2. The molecule has 1 amide bonds. The van der Waals surface area contributed by atoms with Gasteiger partial charge in [0, 0.05) is 11.4 Å². The minimum Gasteiger partial charge on any atom is -0.508 e. The lowest BCUT2D eigenvalue weighted by atomic mass is 9.95. The number of phenols is 1. The molecule has 2 aromatic rings. The van der Waals surface area contributed by atoms with Crippen molar-refractivity contribution >= 4 is 16.9 Å². The Morgan fingerprint density at radius 2 is 1.95 bits per heavy atom. The number of phenolic OH excluding ortho intramolecular Hbond substituents is 1. The fraction of sp³-hybridized carbons (Fsp3) is 0.375. The van der Waals surface area contributed by atoms with E-state index in [1.807, 2.05) is 0 Å². The number of rotatable bonds is 2. The van der Waals surface area contributed by atoms with Crippen LogP contribution in [0.15, 0.2) is 33.5 Å². The quantitative estimate of drug-likeness (QED) is 0.832. The van der Waals surface area contributed by atoms with E-state index in [4.69, 9.17) is 4.42 Å². The van der Waals surface area contributed by atoms with Gasteiger partial charge in [-0.2, -0.15) is 0 Å². The fourth-order valence-electron chi connectivity index (χ4n) is 2.78. The van der Waals surface area contributed by atoms with Crippen LogP contribution in [0.4, 0.5) is 0 Å². The Hall–Kier alpha value is -2.30. The highest BCUT2D eigenvalue weighted by Gasteiger charge is 2.19. The molecule has 1 fully saturated rings. The van der Waals surface area contributed by atoms with E-state index in [0.717, 1.165) is 25.7 Å². The summed E-state index contributed by atoms with van der Waals surface area (Å²) in [5, 5.41) is 12.9. The molecule has 0 spiro atoms. The number of hydrogen-bond acceptors (Lipinski definition) is 4. The maximum Gasteiger partial charge on any atom is 0.349 e. The molecule has 110 valence electrons. The third-order valence-corrected chi connectivity index (χ3v) is 3.90. The number of benzene rings is 1. The van der Waals surface area contributed by atoms with Gasteiger partial charge < -0.3 is 14.8 Å². The third kappa shape index (κ3) is 2.91. The van der Waals surface area contributed by atoms with Crippen molar-refractivity contribution in [1.29, 1.82) is 0 Å². The molecule has 0 aliphatic heterocycles.